The lowest BCUT2D eigenvalue weighted by Crippen LogP contribution is -2.40. The van der Waals surface area contributed by atoms with E-state index in [2.05, 4.69) is 16.5 Å². The number of pyridine rings is 2. The molecule has 1 aliphatic heterocycles. The molecule has 212 valence electrons. The monoisotopic (exact) mass is 566 g/mol. The number of nitrogens with zero attached hydrogens (tertiary/aromatic N) is 1. The molecule has 0 bridgehead atoms. The maximum Gasteiger partial charge on any atom is 0.436 e. The lowest BCUT2D eigenvalue weighted by molar-refractivity contribution is -0.143. The molecule has 5 unspecified atom stereocenters. The molecule has 9 nitrogen and oxygen atoms in total. The SMILES string of the molecule is C=C(CC)P(=O)(O)OC(CC)(CC)CC1OC(c2cc3c(C)c(F)c(C(F)(F)F)nc3[nH]c2=O)C(O)C1O. The van der Waals surface area contributed by atoms with Crippen LogP contribution >= 0.6 is 7.60 Å². The van der Waals surface area contributed by atoms with Crippen molar-refractivity contribution in [3.8, 4) is 0 Å². The number of aromatic nitrogens is 2. The summed E-state index contributed by atoms with van der Waals surface area (Å²) in [5.41, 5.74) is -5.18. The van der Waals surface area contributed by atoms with Crippen molar-refractivity contribution in [2.24, 2.45) is 0 Å². The van der Waals surface area contributed by atoms with E-state index in [1.54, 1.807) is 20.8 Å². The van der Waals surface area contributed by atoms with Gasteiger partial charge in [0.15, 0.2) is 11.5 Å². The molecule has 1 saturated heterocycles. The molecule has 5 atom stereocenters. The number of fused-ring (bicyclic) bond motifs is 1. The number of nitrogens with one attached hydrogen (secondary N) is 1. The molecule has 0 amide bonds. The van der Waals surface area contributed by atoms with Gasteiger partial charge in [0.25, 0.3) is 5.56 Å². The van der Waals surface area contributed by atoms with Crippen LogP contribution in [0.3, 0.4) is 0 Å². The maximum atomic E-state index is 14.5. The van der Waals surface area contributed by atoms with Gasteiger partial charge >= 0.3 is 13.8 Å². The Hall–Kier alpha value is -2.15. The van der Waals surface area contributed by atoms with E-state index in [4.69, 9.17) is 9.26 Å². The molecule has 14 heteroatoms. The Labute approximate surface area is 216 Å². The van der Waals surface area contributed by atoms with Crippen LogP contribution in [0.2, 0.25) is 0 Å². The zero-order chi connectivity index (χ0) is 28.8. The Kier molecular flexibility index (Phi) is 8.63. The molecule has 38 heavy (non-hydrogen) atoms. The topological polar surface area (TPSA) is 142 Å². The molecule has 2 aromatic rings. The van der Waals surface area contributed by atoms with Crippen molar-refractivity contribution < 1.29 is 46.5 Å². The van der Waals surface area contributed by atoms with E-state index in [0.717, 1.165) is 13.0 Å². The van der Waals surface area contributed by atoms with Crippen LogP contribution < -0.4 is 5.56 Å². The van der Waals surface area contributed by atoms with Crippen LogP contribution in [0.5, 0.6) is 0 Å². The zero-order valence-electron chi connectivity index (χ0n) is 21.3. The number of allylic oxidation sites excluding steroid dienone is 1. The lowest BCUT2D eigenvalue weighted by atomic mass is 9.88. The first kappa shape index (κ1) is 30.4. The molecule has 1 fully saturated rings. The fraction of sp³-hybridized carbons (Fsp3) is 0.583. The van der Waals surface area contributed by atoms with Crippen molar-refractivity contribution in [2.45, 2.75) is 89.6 Å². The number of aryl methyl sites for hydroxylation is 1. The first-order valence-electron chi connectivity index (χ1n) is 12.1. The highest BCUT2D eigenvalue weighted by atomic mass is 31.2. The summed E-state index contributed by atoms with van der Waals surface area (Å²) >= 11 is 0. The molecular weight excluding hydrogens is 535 g/mol. The molecule has 2 aromatic heterocycles. The van der Waals surface area contributed by atoms with E-state index in [-0.39, 0.29) is 41.9 Å². The highest BCUT2D eigenvalue weighted by molar-refractivity contribution is 7.57. The first-order valence-corrected chi connectivity index (χ1v) is 13.6. The number of rotatable bonds is 9. The van der Waals surface area contributed by atoms with Crippen LogP contribution in [0, 0.1) is 12.7 Å². The summed E-state index contributed by atoms with van der Waals surface area (Å²) < 4.78 is 78.1. The molecule has 0 aliphatic carbocycles. The number of aromatic amines is 1. The van der Waals surface area contributed by atoms with Crippen molar-refractivity contribution in [3.63, 3.8) is 0 Å². The summed E-state index contributed by atoms with van der Waals surface area (Å²) in [4.78, 5) is 28.6. The van der Waals surface area contributed by atoms with Crippen LogP contribution in [0.1, 0.15) is 69.4 Å². The maximum absolute atomic E-state index is 14.5. The number of hydrogen-bond acceptors (Lipinski definition) is 7. The van der Waals surface area contributed by atoms with E-state index in [1.165, 1.54) is 0 Å². The van der Waals surface area contributed by atoms with E-state index >= 15 is 0 Å². The highest BCUT2D eigenvalue weighted by Crippen LogP contribution is 2.56. The summed E-state index contributed by atoms with van der Waals surface area (Å²) in [6.45, 7) is 9.74. The number of H-pyrrole nitrogens is 1. The third-order valence-corrected chi connectivity index (χ3v) is 8.89. The van der Waals surface area contributed by atoms with Gasteiger partial charge in [-0.1, -0.05) is 27.4 Å². The Bertz CT molecular complexity index is 1330. The number of aliphatic hydroxyl groups excluding tert-OH is 2. The third kappa shape index (κ3) is 5.59. The minimum atomic E-state index is -5.09. The van der Waals surface area contributed by atoms with Gasteiger partial charge in [-0.2, -0.15) is 13.2 Å². The second-order valence-electron chi connectivity index (χ2n) is 9.42. The van der Waals surface area contributed by atoms with Crippen molar-refractivity contribution in [3.05, 3.63) is 51.0 Å². The summed E-state index contributed by atoms with van der Waals surface area (Å²) in [6, 6.07) is 1.07. The number of hydrogen-bond donors (Lipinski definition) is 4. The Morgan fingerprint density at radius 1 is 1.24 bits per heavy atom. The second-order valence-corrected chi connectivity index (χ2v) is 11.3. The van der Waals surface area contributed by atoms with Gasteiger partial charge in [0.2, 0.25) is 0 Å². The molecule has 0 aromatic carbocycles. The van der Waals surface area contributed by atoms with Crippen LogP contribution in [-0.4, -0.2) is 49.0 Å². The molecule has 1 aliphatic rings. The minimum Gasteiger partial charge on any atom is -0.388 e. The quantitative estimate of drug-likeness (QED) is 0.254. The minimum absolute atomic E-state index is 0.00200. The van der Waals surface area contributed by atoms with Crippen LogP contribution in [0.15, 0.2) is 22.8 Å². The highest BCUT2D eigenvalue weighted by Gasteiger charge is 2.49. The van der Waals surface area contributed by atoms with Gasteiger partial charge in [0.05, 0.1) is 11.7 Å². The number of halogens is 4. The van der Waals surface area contributed by atoms with Crippen molar-refractivity contribution >= 4 is 18.6 Å². The number of aliphatic hydroxyl groups is 2. The summed E-state index contributed by atoms with van der Waals surface area (Å²) in [6.07, 6.45) is -10.3. The Balaban J connectivity index is 1.99. The predicted octanol–water partition coefficient (Wildman–Crippen LogP) is 4.63. The normalized spacial score (nSPS) is 24.1. The molecule has 3 rings (SSSR count). The average molecular weight is 566 g/mol. The standard InChI is InChI=1S/C24H31F4N2O7P/c1-6-11(4)38(34,35)37-23(7-2,8-3)10-15-17(31)18(32)19(36-15)14-9-13-12(5)16(25)20(24(26,27)28)29-21(13)30-22(14)33/h9,15,17-19,31-32H,4,6-8,10H2,1-3,5H3,(H,34,35)(H,29,30,33). The van der Waals surface area contributed by atoms with Gasteiger partial charge in [-0.15, -0.1) is 0 Å². The molecule has 0 saturated carbocycles. The van der Waals surface area contributed by atoms with E-state index in [1.807, 2.05) is 0 Å². The van der Waals surface area contributed by atoms with Gasteiger partial charge in [0, 0.05) is 22.7 Å². The molecular formula is C24H31F4N2O7P. The molecule has 4 N–H and O–H groups in total. The van der Waals surface area contributed by atoms with Crippen LogP contribution in [0.25, 0.3) is 11.0 Å². The number of alkyl halides is 3. The van der Waals surface area contributed by atoms with Crippen molar-refractivity contribution in [1.29, 1.82) is 0 Å². The van der Waals surface area contributed by atoms with Gasteiger partial charge in [0.1, 0.15) is 24.0 Å². The Morgan fingerprint density at radius 3 is 2.37 bits per heavy atom. The van der Waals surface area contributed by atoms with Gasteiger partial charge < -0.3 is 24.8 Å². The summed E-state index contributed by atoms with van der Waals surface area (Å²) in [7, 11) is -4.24. The largest absolute Gasteiger partial charge is 0.436 e. The lowest BCUT2D eigenvalue weighted by Gasteiger charge is -2.36. The third-order valence-electron chi connectivity index (χ3n) is 7.14. The van der Waals surface area contributed by atoms with E-state index < -0.39 is 72.1 Å². The summed E-state index contributed by atoms with van der Waals surface area (Å²) in [5.74, 6) is -1.61. The predicted molar refractivity (Wildman–Crippen MR) is 130 cm³/mol. The van der Waals surface area contributed by atoms with E-state index in [0.29, 0.717) is 0 Å². The van der Waals surface area contributed by atoms with Gasteiger partial charge in [-0.25, -0.2) is 9.37 Å². The first-order chi connectivity index (χ1) is 17.5. The molecule has 3 heterocycles. The molecule has 0 radical (unpaired) electrons. The fourth-order valence-corrected chi connectivity index (χ4v) is 5.93. The van der Waals surface area contributed by atoms with Crippen molar-refractivity contribution in [1.82, 2.24) is 9.97 Å². The van der Waals surface area contributed by atoms with E-state index in [9.17, 15) is 42.0 Å². The average Bonchev–Trinajstić information content (AvgIpc) is 3.12. The second kappa shape index (κ2) is 10.8. The fourth-order valence-electron chi connectivity index (χ4n) is 4.54. The van der Waals surface area contributed by atoms with Crippen LogP contribution in [0.4, 0.5) is 17.6 Å². The number of ether oxygens (including phenoxy) is 1. The van der Waals surface area contributed by atoms with Crippen LogP contribution in [-0.2, 0) is 20.0 Å². The van der Waals surface area contributed by atoms with Gasteiger partial charge in [-0.05, 0) is 37.8 Å². The summed E-state index contributed by atoms with van der Waals surface area (Å²) in [5, 5.41) is 21.3. The Morgan fingerprint density at radius 2 is 1.84 bits per heavy atom. The zero-order valence-corrected chi connectivity index (χ0v) is 22.2. The molecule has 0 spiro atoms. The smallest absolute Gasteiger partial charge is 0.388 e. The van der Waals surface area contributed by atoms with Crippen molar-refractivity contribution in [2.75, 3.05) is 0 Å². The van der Waals surface area contributed by atoms with Gasteiger partial charge in [-0.3, -0.25) is 13.9 Å².